The lowest BCUT2D eigenvalue weighted by Crippen LogP contribution is -2.31. The number of hydrogen-bond acceptors (Lipinski definition) is 3. The fraction of sp³-hybridized carbons (Fsp3) is 0.250. The number of carbonyl (C=O) groups is 1. The van der Waals surface area contributed by atoms with E-state index in [4.69, 9.17) is 0 Å². The van der Waals surface area contributed by atoms with Gasteiger partial charge in [0.05, 0.1) is 0 Å². The first-order chi connectivity index (χ1) is 13.9. The summed E-state index contributed by atoms with van der Waals surface area (Å²) >= 11 is 3.41. The molecule has 9 heteroatoms. The van der Waals surface area contributed by atoms with Crippen molar-refractivity contribution in [3.63, 3.8) is 0 Å². The lowest BCUT2D eigenvalue weighted by molar-refractivity contribution is 0.251. The number of fused-ring (bicyclic) bond motifs is 1. The molecule has 0 saturated carbocycles. The molecule has 4 rings (SSSR count). The van der Waals surface area contributed by atoms with Gasteiger partial charge in [-0.3, -0.25) is 5.32 Å². The summed E-state index contributed by atoms with van der Waals surface area (Å²) in [6.45, 7) is 1.32. The summed E-state index contributed by atoms with van der Waals surface area (Å²) < 4.78 is 28.9. The Morgan fingerprint density at radius 2 is 1.83 bits per heavy atom. The zero-order valence-corrected chi connectivity index (χ0v) is 18.0. The highest BCUT2D eigenvalue weighted by molar-refractivity contribution is 9.10. The van der Waals surface area contributed by atoms with Crippen molar-refractivity contribution < 1.29 is 13.2 Å². The van der Waals surface area contributed by atoms with Gasteiger partial charge in [-0.2, -0.15) is 4.31 Å². The fourth-order valence-corrected chi connectivity index (χ4v) is 5.65. The number of H-pyrrole nitrogens is 1. The van der Waals surface area contributed by atoms with Crippen molar-refractivity contribution in [2.75, 3.05) is 18.4 Å². The number of halogens is 1. The average molecular weight is 477 g/mol. The molecule has 0 atom stereocenters. The monoisotopic (exact) mass is 476 g/mol. The van der Waals surface area contributed by atoms with Crippen LogP contribution in [0.5, 0.6) is 0 Å². The van der Waals surface area contributed by atoms with Gasteiger partial charge in [-0.1, -0.05) is 46.3 Å². The van der Waals surface area contributed by atoms with Crippen LogP contribution in [0.4, 0.5) is 10.6 Å². The van der Waals surface area contributed by atoms with Gasteiger partial charge in [0.25, 0.3) is 0 Å². The molecule has 0 bridgehead atoms. The lowest BCUT2D eigenvalue weighted by Gasteiger charge is -2.16. The molecule has 1 saturated heterocycles. The normalized spacial score (nSPS) is 14.9. The molecular formula is C20H21BrN4O3S. The van der Waals surface area contributed by atoms with Crippen LogP contribution in [0.15, 0.2) is 57.9 Å². The lowest BCUT2D eigenvalue weighted by atomic mass is 10.2. The Morgan fingerprint density at radius 3 is 2.55 bits per heavy atom. The number of rotatable bonds is 5. The van der Waals surface area contributed by atoms with E-state index in [9.17, 15) is 13.2 Å². The van der Waals surface area contributed by atoms with Crippen molar-refractivity contribution >= 4 is 48.7 Å². The zero-order valence-electron chi connectivity index (χ0n) is 15.6. The summed E-state index contributed by atoms with van der Waals surface area (Å²) in [7, 11) is -3.74. The van der Waals surface area contributed by atoms with Gasteiger partial charge in [-0.25, -0.2) is 13.2 Å². The number of hydrogen-bond donors (Lipinski definition) is 3. The molecule has 2 amide bonds. The van der Waals surface area contributed by atoms with Gasteiger partial charge in [0.2, 0.25) is 10.0 Å². The van der Waals surface area contributed by atoms with Crippen molar-refractivity contribution in [1.82, 2.24) is 14.6 Å². The molecule has 2 heterocycles. The van der Waals surface area contributed by atoms with Crippen LogP contribution in [0.2, 0.25) is 0 Å². The maximum absolute atomic E-state index is 13.3. The van der Waals surface area contributed by atoms with Crippen LogP contribution in [0.3, 0.4) is 0 Å². The van der Waals surface area contributed by atoms with Crippen LogP contribution in [0.25, 0.3) is 10.9 Å². The predicted octanol–water partition coefficient (Wildman–Crippen LogP) is 4.04. The summed E-state index contributed by atoms with van der Waals surface area (Å²) in [5.74, 6) is 0.176. The van der Waals surface area contributed by atoms with E-state index in [0.29, 0.717) is 30.5 Å². The molecule has 0 spiro atoms. The SMILES string of the molecule is O=C(NCc1ccccc1)Nc1[nH]c2ccc(Br)cc2c1S(=O)(=O)N1CCCC1. The van der Waals surface area contributed by atoms with Crippen LogP contribution in [-0.2, 0) is 16.6 Å². The van der Waals surface area contributed by atoms with Crippen molar-refractivity contribution in [2.24, 2.45) is 0 Å². The first-order valence-electron chi connectivity index (χ1n) is 9.35. The van der Waals surface area contributed by atoms with Crippen LogP contribution < -0.4 is 10.6 Å². The van der Waals surface area contributed by atoms with E-state index in [2.05, 4.69) is 31.5 Å². The van der Waals surface area contributed by atoms with E-state index >= 15 is 0 Å². The number of benzene rings is 2. The molecule has 0 unspecified atom stereocenters. The first-order valence-corrected chi connectivity index (χ1v) is 11.6. The molecule has 1 fully saturated rings. The summed E-state index contributed by atoms with van der Waals surface area (Å²) in [6.07, 6.45) is 1.68. The van der Waals surface area contributed by atoms with Gasteiger partial charge in [-0.05, 0) is 36.6 Å². The Balaban J connectivity index is 1.65. The summed E-state index contributed by atoms with van der Waals surface area (Å²) in [5.41, 5.74) is 1.59. The molecule has 0 aliphatic carbocycles. The second kappa shape index (κ2) is 8.17. The van der Waals surface area contributed by atoms with Gasteiger partial charge in [0, 0.05) is 35.0 Å². The van der Waals surface area contributed by atoms with Crippen molar-refractivity contribution in [2.45, 2.75) is 24.3 Å². The minimum absolute atomic E-state index is 0.102. The summed E-state index contributed by atoms with van der Waals surface area (Å²) in [6, 6.07) is 14.4. The minimum atomic E-state index is -3.74. The molecule has 1 aliphatic heterocycles. The predicted molar refractivity (Wildman–Crippen MR) is 116 cm³/mol. The Labute approximate surface area is 177 Å². The average Bonchev–Trinajstić information content (AvgIpc) is 3.35. The van der Waals surface area contributed by atoms with Crippen molar-refractivity contribution in [3.8, 4) is 0 Å². The highest BCUT2D eigenvalue weighted by atomic mass is 79.9. The van der Waals surface area contributed by atoms with Gasteiger partial charge in [-0.15, -0.1) is 0 Å². The van der Waals surface area contributed by atoms with Crippen LogP contribution >= 0.6 is 15.9 Å². The van der Waals surface area contributed by atoms with E-state index in [0.717, 1.165) is 22.9 Å². The third kappa shape index (κ3) is 4.17. The number of amides is 2. The zero-order chi connectivity index (χ0) is 20.4. The quantitative estimate of drug-likeness (QED) is 0.518. The second-order valence-corrected chi connectivity index (χ2v) is 9.71. The Bertz CT molecular complexity index is 1140. The maximum atomic E-state index is 13.3. The number of carbonyl (C=O) groups excluding carboxylic acids is 1. The van der Waals surface area contributed by atoms with Gasteiger partial charge < -0.3 is 10.3 Å². The van der Waals surface area contributed by atoms with E-state index < -0.39 is 16.1 Å². The first kappa shape index (κ1) is 19.9. The Kier molecular flexibility index (Phi) is 5.62. The highest BCUT2D eigenvalue weighted by Crippen LogP contribution is 2.35. The van der Waals surface area contributed by atoms with Gasteiger partial charge in [0.15, 0.2) is 0 Å². The molecule has 3 N–H and O–H groups in total. The van der Waals surface area contributed by atoms with Crippen molar-refractivity contribution in [3.05, 3.63) is 58.6 Å². The number of nitrogens with one attached hydrogen (secondary N) is 3. The van der Waals surface area contributed by atoms with Gasteiger partial charge >= 0.3 is 6.03 Å². The molecule has 1 aromatic heterocycles. The molecular weight excluding hydrogens is 456 g/mol. The number of aromatic nitrogens is 1. The molecule has 7 nitrogen and oxygen atoms in total. The molecule has 0 radical (unpaired) electrons. The van der Waals surface area contributed by atoms with E-state index in [1.165, 1.54) is 4.31 Å². The third-order valence-corrected chi connectivity index (χ3v) is 7.39. The summed E-state index contributed by atoms with van der Waals surface area (Å²) in [5, 5.41) is 6.00. The van der Waals surface area contributed by atoms with Crippen LogP contribution in [-0.4, -0.2) is 36.8 Å². The largest absolute Gasteiger partial charge is 0.340 e. The van der Waals surface area contributed by atoms with Crippen LogP contribution in [0, 0.1) is 0 Å². The minimum Gasteiger partial charge on any atom is -0.340 e. The number of sulfonamides is 1. The highest BCUT2D eigenvalue weighted by Gasteiger charge is 2.33. The smallest absolute Gasteiger partial charge is 0.320 e. The Morgan fingerprint density at radius 1 is 1.10 bits per heavy atom. The second-order valence-electron chi connectivity index (χ2n) is 6.92. The molecule has 29 heavy (non-hydrogen) atoms. The molecule has 3 aromatic rings. The third-order valence-electron chi connectivity index (χ3n) is 4.91. The summed E-state index contributed by atoms with van der Waals surface area (Å²) in [4.78, 5) is 15.6. The maximum Gasteiger partial charge on any atom is 0.320 e. The number of aromatic amines is 1. The fourth-order valence-electron chi connectivity index (χ4n) is 3.49. The molecule has 2 aromatic carbocycles. The van der Waals surface area contributed by atoms with Gasteiger partial charge in [0.1, 0.15) is 10.7 Å². The van der Waals surface area contributed by atoms with E-state index in [1.54, 1.807) is 12.1 Å². The number of urea groups is 1. The van der Waals surface area contributed by atoms with Crippen LogP contribution in [0.1, 0.15) is 18.4 Å². The van der Waals surface area contributed by atoms with Crippen molar-refractivity contribution in [1.29, 1.82) is 0 Å². The number of nitrogens with zero attached hydrogens (tertiary/aromatic N) is 1. The number of anilines is 1. The topological polar surface area (TPSA) is 94.3 Å². The standard InChI is InChI=1S/C20H21BrN4O3S/c21-15-8-9-17-16(12-15)18(29(27,28)25-10-4-5-11-25)19(23-17)24-20(26)22-13-14-6-2-1-3-7-14/h1-3,6-9,12,23H,4-5,10-11,13H2,(H2,22,24,26). The Hall–Kier alpha value is -2.36. The molecule has 1 aliphatic rings. The van der Waals surface area contributed by atoms with E-state index in [1.807, 2.05) is 36.4 Å². The molecule has 152 valence electrons. The van der Waals surface area contributed by atoms with E-state index in [-0.39, 0.29) is 10.7 Å².